The Balaban J connectivity index is 1.25. The fourth-order valence-corrected chi connectivity index (χ4v) is 13.0. The molecule has 6 rings (SSSR count). The van der Waals surface area contributed by atoms with Crippen LogP contribution in [0.25, 0.3) is 0 Å². The molecule has 9 N–H and O–H groups in total. The minimum atomic E-state index is -1.93. The van der Waals surface area contributed by atoms with Gasteiger partial charge in [0.25, 0.3) is 0 Å². The molecule has 4 aliphatic carbocycles. The van der Waals surface area contributed by atoms with Crippen LogP contribution in [-0.2, 0) is 38.1 Å². The molecule has 2 saturated heterocycles. The number of aliphatic hydroxyl groups excluding tert-OH is 5. The number of esters is 1. The molecule has 0 amide bonds. The number of ether oxygens (including phenoxy) is 5. The number of aliphatic hydroxyl groups is 8. The Bertz CT molecular complexity index is 1840. The van der Waals surface area contributed by atoms with Gasteiger partial charge in [-0.25, -0.2) is 0 Å². The number of hydrogen-bond acceptors (Lipinski definition) is 16. The third-order valence-electron chi connectivity index (χ3n) is 16.9. The van der Waals surface area contributed by atoms with E-state index in [1.54, 1.807) is 19.9 Å². The van der Waals surface area contributed by atoms with Gasteiger partial charge in [-0.1, -0.05) is 58.4 Å². The van der Waals surface area contributed by atoms with Gasteiger partial charge in [0.1, 0.15) is 55.1 Å². The predicted molar refractivity (Wildman–Crippen MR) is 231 cm³/mol. The summed E-state index contributed by atoms with van der Waals surface area (Å²) >= 11 is 0. The Morgan fingerprint density at radius 3 is 2.12 bits per heavy atom. The van der Waals surface area contributed by atoms with Crippen LogP contribution < -0.4 is 0 Å². The molecule has 6 aliphatic rings. The number of aliphatic carboxylic acids is 1. The van der Waals surface area contributed by atoms with E-state index in [2.05, 4.69) is 26.8 Å². The van der Waals surface area contributed by atoms with Crippen LogP contribution >= 0.6 is 0 Å². The van der Waals surface area contributed by atoms with Crippen LogP contribution in [0.3, 0.4) is 0 Å². The fraction of sp³-hybridized carbons (Fsp3) is 0.854. The number of carbonyl (C=O) groups is 3. The summed E-state index contributed by atoms with van der Waals surface area (Å²) in [4.78, 5) is 38.9. The summed E-state index contributed by atoms with van der Waals surface area (Å²) < 4.78 is 30.0. The monoisotopic (exact) mass is 925 g/mol. The minimum absolute atomic E-state index is 0.0124. The SMILES string of the molecule is CC1OC(OC2C(OC3CCC4C(=CCC5C4(C)C(=O)CC4(C)C(C(C)(O)CC=CC(C)(C)O)CCC54C)C3(C)C)OC(COC(=O)CC(C)(O)CC(=O)O)C(O)C2O)C(O)C(O)C1O. The van der Waals surface area contributed by atoms with E-state index in [1.807, 2.05) is 26.8 Å². The molecule has 19 unspecified atom stereocenters. The highest BCUT2D eigenvalue weighted by Crippen LogP contribution is 2.74. The van der Waals surface area contributed by atoms with Crippen LogP contribution in [-0.4, -0.2) is 155 Å². The lowest BCUT2D eigenvalue weighted by molar-refractivity contribution is -0.372. The Morgan fingerprint density at radius 2 is 1.49 bits per heavy atom. The second-order valence-electron chi connectivity index (χ2n) is 22.6. The zero-order valence-electron chi connectivity index (χ0n) is 39.7. The lowest BCUT2D eigenvalue weighted by atomic mass is 9.38. The van der Waals surface area contributed by atoms with Crippen LogP contribution in [0.5, 0.6) is 0 Å². The second-order valence-corrected chi connectivity index (χ2v) is 22.6. The summed E-state index contributed by atoms with van der Waals surface area (Å²) in [5, 5.41) is 96.5. The molecule has 0 aromatic heterocycles. The van der Waals surface area contributed by atoms with Crippen molar-refractivity contribution in [2.24, 2.45) is 39.4 Å². The molecule has 0 aromatic rings. The molecule has 370 valence electrons. The molecule has 17 nitrogen and oxygen atoms in total. The molecular formula is C48H76O17. The summed E-state index contributed by atoms with van der Waals surface area (Å²) in [7, 11) is 0. The Hall–Kier alpha value is -2.39. The average Bonchev–Trinajstić information content (AvgIpc) is 3.45. The topological polar surface area (TPSA) is 279 Å². The number of allylic oxidation sites excluding steroid dienone is 1. The van der Waals surface area contributed by atoms with Crippen molar-refractivity contribution in [3.8, 4) is 0 Å². The van der Waals surface area contributed by atoms with Gasteiger partial charge in [-0.15, -0.1) is 0 Å². The van der Waals surface area contributed by atoms with Gasteiger partial charge in [0.2, 0.25) is 0 Å². The number of hydrogen-bond donors (Lipinski definition) is 9. The number of Topliss-reactive ketones (excluding diaryl/α,β-unsaturated/α-hetero) is 1. The standard InChI is InChI=1S/C48H76O17/c1-24-34(53)36(55)38(57)40(62-24)65-39-37(56)35(54)27(23-61-33(52)22-44(6,59)21-32(50)51)63-41(39)64-31-15-13-26-25(43(31,4)5)12-14-29-45(7)19-16-28(46(45,8)20-30(49)48(26,29)10)47(9,60)18-11-17-42(2,3)58/h11-12,17,24,26-29,31,34-41,53-60H,13-16,18-23H2,1-10H3,(H,50,51). The van der Waals surface area contributed by atoms with E-state index >= 15 is 0 Å². The van der Waals surface area contributed by atoms with Gasteiger partial charge in [-0.05, 0) is 102 Å². The maximum Gasteiger partial charge on any atom is 0.308 e. The highest BCUT2D eigenvalue weighted by atomic mass is 16.8. The van der Waals surface area contributed by atoms with E-state index in [1.165, 1.54) is 13.8 Å². The number of ketones is 1. The van der Waals surface area contributed by atoms with E-state index in [4.69, 9.17) is 28.8 Å². The molecule has 0 spiro atoms. The van der Waals surface area contributed by atoms with E-state index in [0.29, 0.717) is 32.1 Å². The van der Waals surface area contributed by atoms with Gasteiger partial charge in [0.05, 0.1) is 41.9 Å². The number of carboxylic acids is 1. The van der Waals surface area contributed by atoms with Gasteiger partial charge >= 0.3 is 11.9 Å². The van der Waals surface area contributed by atoms with Crippen LogP contribution in [0, 0.1) is 39.4 Å². The van der Waals surface area contributed by atoms with Crippen LogP contribution in [0.2, 0.25) is 0 Å². The lowest BCUT2D eigenvalue weighted by Gasteiger charge is -2.65. The maximum atomic E-state index is 15.0. The summed E-state index contributed by atoms with van der Waals surface area (Å²) in [5.41, 5.74) is -5.24. The van der Waals surface area contributed by atoms with E-state index < -0.39 is 132 Å². The van der Waals surface area contributed by atoms with Gasteiger partial charge in [-0.3, -0.25) is 14.4 Å². The Labute approximate surface area is 382 Å². The molecule has 17 heteroatoms. The summed E-state index contributed by atoms with van der Waals surface area (Å²) in [6.07, 6.45) is -7.97. The normalized spacial score (nSPS) is 44.8. The molecule has 2 heterocycles. The number of carboxylic acid groups (broad SMARTS) is 1. The van der Waals surface area contributed by atoms with Crippen molar-refractivity contribution in [1.29, 1.82) is 0 Å². The zero-order chi connectivity index (χ0) is 48.6. The van der Waals surface area contributed by atoms with E-state index in [9.17, 15) is 55.2 Å². The van der Waals surface area contributed by atoms with Crippen molar-refractivity contribution in [3.05, 3.63) is 23.8 Å². The van der Waals surface area contributed by atoms with Crippen molar-refractivity contribution in [2.75, 3.05) is 6.61 Å². The summed E-state index contributed by atoms with van der Waals surface area (Å²) in [6.45, 7) is 17.8. The van der Waals surface area contributed by atoms with Gasteiger partial charge < -0.3 is 69.6 Å². The first-order chi connectivity index (χ1) is 29.8. The van der Waals surface area contributed by atoms with Gasteiger partial charge in [0.15, 0.2) is 12.6 Å². The van der Waals surface area contributed by atoms with Gasteiger partial charge in [0, 0.05) is 17.3 Å². The second kappa shape index (κ2) is 18.2. The molecule has 0 radical (unpaired) electrons. The van der Waals surface area contributed by atoms with Crippen molar-refractivity contribution in [1.82, 2.24) is 0 Å². The molecule has 0 bridgehead atoms. The highest BCUT2D eigenvalue weighted by Gasteiger charge is 2.72. The first-order valence-corrected chi connectivity index (χ1v) is 23.3. The zero-order valence-corrected chi connectivity index (χ0v) is 39.7. The van der Waals surface area contributed by atoms with Crippen LogP contribution in [0.15, 0.2) is 23.8 Å². The molecule has 5 fully saturated rings. The lowest BCUT2D eigenvalue weighted by Crippen LogP contribution is -2.65. The fourth-order valence-electron chi connectivity index (χ4n) is 13.0. The minimum Gasteiger partial charge on any atom is -0.481 e. The molecule has 19 atom stereocenters. The van der Waals surface area contributed by atoms with Crippen molar-refractivity contribution >= 4 is 17.7 Å². The quantitative estimate of drug-likeness (QED) is 0.0894. The molecule has 65 heavy (non-hydrogen) atoms. The van der Waals surface area contributed by atoms with Crippen molar-refractivity contribution < 1.29 is 84.0 Å². The molecular weight excluding hydrogens is 849 g/mol. The smallest absolute Gasteiger partial charge is 0.308 e. The van der Waals surface area contributed by atoms with E-state index in [0.717, 1.165) is 18.4 Å². The Morgan fingerprint density at radius 1 is 0.831 bits per heavy atom. The first-order valence-electron chi connectivity index (χ1n) is 23.3. The van der Waals surface area contributed by atoms with Crippen LogP contribution in [0.1, 0.15) is 127 Å². The summed E-state index contributed by atoms with van der Waals surface area (Å²) in [5.74, 6) is -2.46. The van der Waals surface area contributed by atoms with Crippen molar-refractivity contribution in [3.63, 3.8) is 0 Å². The molecule has 0 aromatic carbocycles. The number of rotatable bonds is 14. The molecule has 2 aliphatic heterocycles. The van der Waals surface area contributed by atoms with Gasteiger partial charge in [-0.2, -0.15) is 0 Å². The largest absolute Gasteiger partial charge is 0.481 e. The average molecular weight is 925 g/mol. The van der Waals surface area contributed by atoms with Crippen LogP contribution in [0.4, 0.5) is 0 Å². The predicted octanol–water partition coefficient (Wildman–Crippen LogP) is 2.44. The number of carbonyl (C=O) groups excluding carboxylic acids is 2. The third-order valence-corrected chi connectivity index (χ3v) is 16.9. The first kappa shape index (κ1) is 52.0. The maximum absolute atomic E-state index is 15.0. The third kappa shape index (κ3) is 9.65. The van der Waals surface area contributed by atoms with E-state index in [-0.39, 0.29) is 29.0 Å². The summed E-state index contributed by atoms with van der Waals surface area (Å²) in [6, 6.07) is 0. The highest BCUT2D eigenvalue weighted by molar-refractivity contribution is 5.88. The van der Waals surface area contributed by atoms with Crippen molar-refractivity contribution in [2.45, 2.75) is 211 Å². The molecule has 3 saturated carbocycles. The number of fused-ring (bicyclic) bond motifs is 5. The Kier molecular flexibility index (Phi) is 14.5.